The molecule has 2 heterocycles. The molecule has 0 bridgehead atoms. The van der Waals surface area contributed by atoms with Gasteiger partial charge in [0.1, 0.15) is 5.82 Å². The van der Waals surface area contributed by atoms with Crippen molar-refractivity contribution in [2.24, 2.45) is 0 Å². The molecule has 9 heteroatoms. The molecule has 0 saturated heterocycles. The van der Waals surface area contributed by atoms with Gasteiger partial charge in [0.2, 0.25) is 9.84 Å². The van der Waals surface area contributed by atoms with Crippen LogP contribution in [0.15, 0.2) is 40.1 Å². The predicted octanol–water partition coefficient (Wildman–Crippen LogP) is 2.26. The molecule has 8 nitrogen and oxygen atoms in total. The Kier molecular flexibility index (Phi) is 3.78. The Labute approximate surface area is 149 Å². The summed E-state index contributed by atoms with van der Waals surface area (Å²) in [7, 11) is -4.06. The molecular weight excluding hydrogens is 356 g/mol. The third kappa shape index (κ3) is 2.56. The Hall–Kier alpha value is -2.78. The Morgan fingerprint density at radius 1 is 1.23 bits per heavy atom. The fraction of sp³-hybridized carbons (Fsp3) is 0.235. The maximum atomic E-state index is 13.3. The van der Waals surface area contributed by atoms with Crippen LogP contribution < -0.4 is 5.32 Å². The molecule has 0 radical (unpaired) electrons. The minimum Gasteiger partial charge on any atom is -0.342 e. The van der Waals surface area contributed by atoms with Crippen molar-refractivity contribution in [2.45, 2.75) is 29.7 Å². The molecule has 0 fully saturated rings. The molecule has 0 amide bonds. The molecule has 1 aliphatic heterocycles. The van der Waals surface area contributed by atoms with E-state index in [2.05, 4.69) is 15.3 Å². The standard InChI is InChI=1S/C17H16N4O4S/c1-10-19-13-7-15(21(22)23)17(8-14(13)20-10)26(24,25)16-4-2-3-11-9-18-6-5-12(11)16/h2-4,7-8,18H,5-6,9H2,1H3,(H,19,20). The van der Waals surface area contributed by atoms with E-state index in [4.69, 9.17) is 0 Å². The van der Waals surface area contributed by atoms with Gasteiger partial charge in [-0.1, -0.05) is 12.1 Å². The van der Waals surface area contributed by atoms with Gasteiger partial charge in [-0.15, -0.1) is 0 Å². The van der Waals surface area contributed by atoms with Crippen molar-refractivity contribution in [2.75, 3.05) is 6.54 Å². The molecule has 3 aromatic rings. The average Bonchev–Trinajstić information content (AvgIpc) is 2.99. The lowest BCUT2D eigenvalue weighted by Crippen LogP contribution is -2.25. The molecule has 26 heavy (non-hydrogen) atoms. The summed E-state index contributed by atoms with van der Waals surface area (Å²) >= 11 is 0. The first-order valence-corrected chi connectivity index (χ1v) is 9.57. The van der Waals surface area contributed by atoms with Crippen LogP contribution in [0.4, 0.5) is 5.69 Å². The van der Waals surface area contributed by atoms with Gasteiger partial charge in [0, 0.05) is 12.6 Å². The number of imidazole rings is 1. The number of fused-ring (bicyclic) bond motifs is 2. The molecule has 0 atom stereocenters. The molecule has 2 N–H and O–H groups in total. The van der Waals surface area contributed by atoms with Gasteiger partial charge in [-0.25, -0.2) is 13.4 Å². The van der Waals surface area contributed by atoms with Crippen LogP contribution in [0.25, 0.3) is 11.0 Å². The van der Waals surface area contributed by atoms with Crippen LogP contribution in [0.1, 0.15) is 17.0 Å². The smallest absolute Gasteiger partial charge is 0.290 e. The lowest BCUT2D eigenvalue weighted by Gasteiger charge is -2.20. The van der Waals surface area contributed by atoms with Gasteiger partial charge in [-0.3, -0.25) is 10.1 Å². The summed E-state index contributed by atoms with van der Waals surface area (Å²) in [5.74, 6) is 0.562. The largest absolute Gasteiger partial charge is 0.342 e. The van der Waals surface area contributed by atoms with E-state index >= 15 is 0 Å². The second-order valence-electron chi connectivity index (χ2n) is 6.24. The van der Waals surface area contributed by atoms with Gasteiger partial charge in [0.15, 0.2) is 4.90 Å². The highest BCUT2D eigenvalue weighted by atomic mass is 32.2. The Bertz CT molecular complexity index is 1150. The first-order chi connectivity index (χ1) is 12.4. The number of nitro groups is 1. The Balaban J connectivity index is 1.99. The number of hydrogen-bond donors (Lipinski definition) is 2. The zero-order chi connectivity index (χ0) is 18.5. The van der Waals surface area contributed by atoms with Gasteiger partial charge in [0.25, 0.3) is 5.69 Å². The molecule has 1 aromatic heterocycles. The number of benzene rings is 2. The first-order valence-electron chi connectivity index (χ1n) is 8.09. The normalized spacial score (nSPS) is 14.3. The Morgan fingerprint density at radius 3 is 2.81 bits per heavy atom. The van der Waals surface area contributed by atoms with Crippen molar-refractivity contribution >= 4 is 26.6 Å². The van der Waals surface area contributed by atoms with E-state index in [1.807, 2.05) is 6.07 Å². The minimum absolute atomic E-state index is 0.131. The van der Waals surface area contributed by atoms with E-state index in [0.717, 1.165) is 11.1 Å². The van der Waals surface area contributed by atoms with Crippen molar-refractivity contribution in [1.29, 1.82) is 0 Å². The highest BCUT2D eigenvalue weighted by Gasteiger charge is 2.31. The van der Waals surface area contributed by atoms with Gasteiger partial charge in [-0.2, -0.15) is 0 Å². The maximum absolute atomic E-state index is 13.3. The number of hydrogen-bond acceptors (Lipinski definition) is 6. The zero-order valence-corrected chi connectivity index (χ0v) is 14.8. The lowest BCUT2D eigenvalue weighted by atomic mass is 10.0. The van der Waals surface area contributed by atoms with Crippen LogP contribution in [0.2, 0.25) is 0 Å². The minimum atomic E-state index is -4.06. The van der Waals surface area contributed by atoms with Crippen LogP contribution in [0.3, 0.4) is 0 Å². The molecule has 134 valence electrons. The fourth-order valence-electron chi connectivity index (χ4n) is 3.38. The number of aryl methyl sites for hydroxylation is 1. The molecule has 0 spiro atoms. The number of nitro benzene ring substituents is 1. The zero-order valence-electron chi connectivity index (χ0n) is 13.9. The van der Waals surface area contributed by atoms with Gasteiger partial charge < -0.3 is 10.3 Å². The first kappa shape index (κ1) is 16.7. The number of rotatable bonds is 3. The van der Waals surface area contributed by atoms with E-state index in [0.29, 0.717) is 36.4 Å². The van der Waals surface area contributed by atoms with Crippen LogP contribution in [-0.2, 0) is 22.8 Å². The van der Waals surface area contributed by atoms with E-state index in [1.54, 1.807) is 13.0 Å². The van der Waals surface area contributed by atoms with Gasteiger partial charge in [0.05, 0.1) is 20.9 Å². The van der Waals surface area contributed by atoms with E-state index in [1.165, 1.54) is 18.2 Å². The monoisotopic (exact) mass is 372 g/mol. The summed E-state index contributed by atoms with van der Waals surface area (Å²) in [6.45, 7) is 2.96. The second kappa shape index (κ2) is 5.89. The number of nitrogens with zero attached hydrogens (tertiary/aromatic N) is 2. The van der Waals surface area contributed by atoms with Crippen LogP contribution in [0, 0.1) is 17.0 Å². The van der Waals surface area contributed by atoms with Crippen molar-refractivity contribution in [3.05, 3.63) is 57.4 Å². The highest BCUT2D eigenvalue weighted by Crippen LogP contribution is 2.35. The number of nitrogens with one attached hydrogen (secondary N) is 2. The SMILES string of the molecule is Cc1nc2cc(S(=O)(=O)c3cccc4c3CCNC4)c([N+](=O)[O-])cc2[nH]1. The quantitative estimate of drug-likeness (QED) is 0.538. The summed E-state index contributed by atoms with van der Waals surface area (Å²) in [4.78, 5) is 17.8. The highest BCUT2D eigenvalue weighted by molar-refractivity contribution is 7.91. The maximum Gasteiger partial charge on any atom is 0.290 e. The molecule has 4 rings (SSSR count). The summed E-state index contributed by atoms with van der Waals surface area (Å²) in [6.07, 6.45) is 0.558. The summed E-state index contributed by atoms with van der Waals surface area (Å²) in [5, 5.41) is 14.7. The number of aromatic amines is 1. The topological polar surface area (TPSA) is 118 Å². The van der Waals surface area contributed by atoms with Crippen molar-refractivity contribution in [3.8, 4) is 0 Å². The fourth-order valence-corrected chi connectivity index (χ4v) is 5.11. The van der Waals surface area contributed by atoms with E-state index < -0.39 is 20.4 Å². The summed E-state index contributed by atoms with van der Waals surface area (Å²) in [6, 6.07) is 7.58. The molecule has 0 aliphatic carbocycles. The third-order valence-electron chi connectivity index (χ3n) is 4.55. The van der Waals surface area contributed by atoms with E-state index in [9.17, 15) is 18.5 Å². The third-order valence-corrected chi connectivity index (χ3v) is 6.42. The molecule has 1 aliphatic rings. The van der Waals surface area contributed by atoms with E-state index in [-0.39, 0.29) is 9.79 Å². The van der Waals surface area contributed by atoms with Crippen LogP contribution in [-0.4, -0.2) is 29.9 Å². The van der Waals surface area contributed by atoms with Crippen molar-refractivity contribution in [3.63, 3.8) is 0 Å². The van der Waals surface area contributed by atoms with Crippen LogP contribution in [0.5, 0.6) is 0 Å². The Morgan fingerprint density at radius 2 is 2.04 bits per heavy atom. The predicted molar refractivity (Wildman–Crippen MR) is 94.8 cm³/mol. The summed E-state index contributed by atoms with van der Waals surface area (Å²) in [5.41, 5.74) is 1.99. The lowest BCUT2D eigenvalue weighted by molar-refractivity contribution is -0.387. The van der Waals surface area contributed by atoms with Crippen molar-refractivity contribution < 1.29 is 13.3 Å². The average molecular weight is 372 g/mol. The molecule has 0 saturated carbocycles. The molecular formula is C17H16N4O4S. The molecule has 0 unspecified atom stereocenters. The number of sulfone groups is 1. The van der Waals surface area contributed by atoms with Gasteiger partial charge in [-0.05, 0) is 43.1 Å². The molecule has 2 aromatic carbocycles. The van der Waals surface area contributed by atoms with Crippen molar-refractivity contribution in [1.82, 2.24) is 15.3 Å². The number of aromatic nitrogens is 2. The van der Waals surface area contributed by atoms with Gasteiger partial charge >= 0.3 is 0 Å². The van der Waals surface area contributed by atoms with Crippen LogP contribution >= 0.6 is 0 Å². The summed E-state index contributed by atoms with van der Waals surface area (Å²) < 4.78 is 26.6. The second-order valence-corrected chi connectivity index (χ2v) is 8.13. The number of H-pyrrole nitrogens is 1.